The van der Waals surface area contributed by atoms with Crippen LogP contribution in [0.4, 0.5) is 22.7 Å². The molecule has 0 aromatic heterocycles. The first kappa shape index (κ1) is 33.3. The summed E-state index contributed by atoms with van der Waals surface area (Å²) in [6, 6.07) is 18.6. The Balaban J connectivity index is 1.43. The Bertz CT molecular complexity index is 1890. The molecule has 0 saturated carbocycles. The van der Waals surface area contributed by atoms with Crippen LogP contribution in [0.5, 0.6) is 17.2 Å². The van der Waals surface area contributed by atoms with E-state index >= 15 is 0 Å². The molecule has 0 spiro atoms. The Morgan fingerprint density at radius 1 is 0.891 bits per heavy atom. The number of nitrogens with one attached hydrogen (secondary N) is 3. The molecule has 0 fully saturated rings. The van der Waals surface area contributed by atoms with Crippen molar-refractivity contribution in [1.29, 1.82) is 0 Å². The van der Waals surface area contributed by atoms with Crippen LogP contribution in [0.15, 0.2) is 82.8 Å². The van der Waals surface area contributed by atoms with Crippen molar-refractivity contribution in [3.05, 3.63) is 105 Å². The van der Waals surface area contributed by atoms with Gasteiger partial charge in [0.1, 0.15) is 11.4 Å². The number of para-hydroxylation sites is 2. The van der Waals surface area contributed by atoms with Crippen LogP contribution in [0, 0.1) is 30.9 Å². The number of hydrazone groups is 1. The van der Waals surface area contributed by atoms with E-state index in [1.807, 2.05) is 32.9 Å². The number of hydrogen-bond donors (Lipinski definition) is 3. The summed E-state index contributed by atoms with van der Waals surface area (Å²) >= 11 is 0. The minimum atomic E-state index is -4.18. The molecule has 0 aliphatic heterocycles. The molecule has 1 amide bonds. The van der Waals surface area contributed by atoms with E-state index in [-0.39, 0.29) is 34.5 Å². The Kier molecular flexibility index (Phi) is 10.4. The van der Waals surface area contributed by atoms with Crippen LogP contribution >= 0.6 is 0 Å². The van der Waals surface area contributed by atoms with Gasteiger partial charge in [-0.1, -0.05) is 29.8 Å². The fourth-order valence-corrected chi connectivity index (χ4v) is 5.70. The average Bonchev–Trinajstić information content (AvgIpc) is 3.02. The van der Waals surface area contributed by atoms with Crippen LogP contribution in [0.2, 0.25) is 0 Å². The molecule has 4 aromatic rings. The predicted octanol–water partition coefficient (Wildman–Crippen LogP) is 5.80. The molecule has 0 unspecified atom stereocenters. The largest absolute Gasteiger partial charge is 0.495 e. The van der Waals surface area contributed by atoms with E-state index in [1.165, 1.54) is 38.6 Å². The van der Waals surface area contributed by atoms with Gasteiger partial charge < -0.3 is 19.5 Å². The molecule has 240 valence electrons. The van der Waals surface area contributed by atoms with Crippen LogP contribution in [-0.4, -0.2) is 46.3 Å². The molecule has 0 heterocycles. The highest BCUT2D eigenvalue weighted by Gasteiger charge is 2.22. The molecule has 0 aliphatic carbocycles. The average molecular weight is 648 g/mol. The monoisotopic (exact) mass is 647 g/mol. The van der Waals surface area contributed by atoms with Crippen molar-refractivity contribution in [1.82, 2.24) is 0 Å². The van der Waals surface area contributed by atoms with Crippen molar-refractivity contribution in [3.63, 3.8) is 0 Å². The smallest absolute Gasteiger partial charge is 0.295 e. The van der Waals surface area contributed by atoms with Crippen molar-refractivity contribution >= 4 is 44.9 Å². The lowest BCUT2D eigenvalue weighted by molar-refractivity contribution is -0.384. The third kappa shape index (κ3) is 8.09. The Morgan fingerprint density at radius 2 is 1.59 bits per heavy atom. The number of nitro groups is 1. The Labute approximate surface area is 266 Å². The molecule has 3 N–H and O–H groups in total. The topological polar surface area (TPSA) is 170 Å². The Morgan fingerprint density at radius 3 is 2.26 bits per heavy atom. The third-order valence-corrected chi connectivity index (χ3v) is 8.08. The summed E-state index contributed by atoms with van der Waals surface area (Å²) in [7, 11) is -1.33. The van der Waals surface area contributed by atoms with Gasteiger partial charge in [0.25, 0.3) is 21.6 Å². The van der Waals surface area contributed by atoms with E-state index < -0.39 is 20.6 Å². The van der Waals surface area contributed by atoms with E-state index in [4.69, 9.17) is 14.2 Å². The van der Waals surface area contributed by atoms with Crippen molar-refractivity contribution in [3.8, 4) is 17.2 Å². The molecular formula is C32H33N5O8S. The van der Waals surface area contributed by atoms with Gasteiger partial charge in [-0.05, 0) is 79.9 Å². The number of carbonyl (C=O) groups is 1. The first-order valence-corrected chi connectivity index (χ1v) is 15.3. The second kappa shape index (κ2) is 14.4. The zero-order chi connectivity index (χ0) is 33.4. The number of nitro benzene ring substituents is 1. The quantitative estimate of drug-likeness (QED) is 0.0921. The highest BCUT2D eigenvalue weighted by atomic mass is 32.2. The van der Waals surface area contributed by atoms with Gasteiger partial charge in [-0.25, -0.2) is 8.42 Å². The van der Waals surface area contributed by atoms with Crippen molar-refractivity contribution < 1.29 is 32.3 Å². The summed E-state index contributed by atoms with van der Waals surface area (Å²) in [4.78, 5) is 23.3. The number of ether oxygens (including phenoxy) is 3. The number of carbonyl (C=O) groups excluding carboxylic acids is 1. The van der Waals surface area contributed by atoms with Crippen molar-refractivity contribution in [2.75, 3.05) is 36.3 Å². The van der Waals surface area contributed by atoms with E-state index in [2.05, 4.69) is 20.6 Å². The highest BCUT2D eigenvalue weighted by molar-refractivity contribution is 7.92. The molecular weight excluding hydrogens is 614 g/mol. The van der Waals surface area contributed by atoms with Gasteiger partial charge in [-0.3, -0.25) is 25.1 Å². The standard InChI is InChI=1S/C32H33N5O8S/c1-20-14-21(2)32(22(3)15-20)34-31(38)19-45-29-13-10-23(16-30(29)44-5)18-33-35-25-12-11-24(17-27(25)37(39)40)46(41,42)36-26-8-6-7-9-28(26)43-4/h6-18,35-36H,19H2,1-5H3,(H,34,38)/b33-18-. The van der Waals surface area contributed by atoms with E-state index in [0.29, 0.717) is 17.1 Å². The summed E-state index contributed by atoms with van der Waals surface area (Å²) in [6.45, 7) is 5.59. The number of benzene rings is 4. The third-order valence-electron chi connectivity index (χ3n) is 6.71. The summed E-state index contributed by atoms with van der Waals surface area (Å²) in [5.74, 6) is 0.623. The molecule has 0 atom stereocenters. The number of methoxy groups -OCH3 is 2. The fraction of sp³-hybridized carbons (Fsp3) is 0.188. The van der Waals surface area contributed by atoms with Crippen LogP contribution in [0.1, 0.15) is 22.3 Å². The van der Waals surface area contributed by atoms with Gasteiger partial charge in [-0.2, -0.15) is 5.10 Å². The number of amides is 1. The normalized spacial score (nSPS) is 11.2. The lowest BCUT2D eigenvalue weighted by atomic mass is 10.1. The predicted molar refractivity (Wildman–Crippen MR) is 176 cm³/mol. The summed E-state index contributed by atoms with van der Waals surface area (Å²) < 4.78 is 44.6. The minimum absolute atomic E-state index is 0.0329. The first-order valence-electron chi connectivity index (χ1n) is 13.8. The van der Waals surface area contributed by atoms with Crippen LogP contribution < -0.4 is 29.7 Å². The van der Waals surface area contributed by atoms with Gasteiger partial charge in [-0.15, -0.1) is 0 Å². The lowest BCUT2D eigenvalue weighted by Gasteiger charge is -2.14. The van der Waals surface area contributed by atoms with E-state index in [0.717, 1.165) is 28.4 Å². The van der Waals surface area contributed by atoms with E-state index in [9.17, 15) is 23.3 Å². The van der Waals surface area contributed by atoms with Gasteiger partial charge >= 0.3 is 0 Å². The van der Waals surface area contributed by atoms with Gasteiger partial charge in [0.2, 0.25) is 0 Å². The molecule has 4 rings (SSSR count). The molecule has 46 heavy (non-hydrogen) atoms. The first-order chi connectivity index (χ1) is 21.9. The lowest BCUT2D eigenvalue weighted by Crippen LogP contribution is -2.21. The number of sulfonamides is 1. The zero-order valence-electron chi connectivity index (χ0n) is 25.8. The summed E-state index contributed by atoms with van der Waals surface area (Å²) in [6.07, 6.45) is 1.39. The number of nitrogens with zero attached hydrogens (tertiary/aromatic N) is 2. The SMILES string of the molecule is COc1ccccc1NS(=O)(=O)c1ccc(N/N=C\c2ccc(OCC(=O)Nc3c(C)cc(C)cc3C)c(OC)c2)c([N+](=O)[O-])c1. The zero-order valence-corrected chi connectivity index (χ0v) is 26.6. The van der Waals surface area contributed by atoms with Gasteiger partial charge in [0, 0.05) is 11.8 Å². The van der Waals surface area contributed by atoms with Crippen molar-refractivity contribution in [2.45, 2.75) is 25.7 Å². The second-order valence-corrected chi connectivity index (χ2v) is 11.8. The van der Waals surface area contributed by atoms with E-state index in [1.54, 1.807) is 36.4 Å². The maximum absolute atomic E-state index is 13.0. The Hall–Kier alpha value is -5.63. The van der Waals surface area contributed by atoms with Gasteiger partial charge in [0.05, 0.1) is 35.9 Å². The maximum Gasteiger partial charge on any atom is 0.295 e. The summed E-state index contributed by atoms with van der Waals surface area (Å²) in [5, 5.41) is 18.7. The van der Waals surface area contributed by atoms with Gasteiger partial charge in [0.15, 0.2) is 18.1 Å². The minimum Gasteiger partial charge on any atom is -0.495 e. The summed E-state index contributed by atoms with van der Waals surface area (Å²) in [5.41, 5.74) is 6.53. The molecule has 0 saturated heterocycles. The second-order valence-electron chi connectivity index (χ2n) is 10.1. The maximum atomic E-state index is 13.0. The van der Waals surface area contributed by atoms with Crippen molar-refractivity contribution in [2.24, 2.45) is 5.10 Å². The number of anilines is 3. The van der Waals surface area contributed by atoms with Crippen LogP contribution in [0.3, 0.4) is 0 Å². The molecule has 13 nitrogen and oxygen atoms in total. The molecule has 0 radical (unpaired) electrons. The molecule has 0 aliphatic rings. The van der Waals surface area contributed by atoms with Crippen LogP contribution in [0.25, 0.3) is 0 Å². The van der Waals surface area contributed by atoms with Crippen LogP contribution in [-0.2, 0) is 14.8 Å². The highest BCUT2D eigenvalue weighted by Crippen LogP contribution is 2.31. The number of rotatable bonds is 13. The number of hydrogen-bond acceptors (Lipinski definition) is 10. The number of aryl methyl sites for hydroxylation is 3. The fourth-order valence-electron chi connectivity index (χ4n) is 4.61. The molecule has 14 heteroatoms. The molecule has 4 aromatic carbocycles. The molecule has 0 bridgehead atoms.